The molecule has 0 aliphatic carbocycles. The van der Waals surface area contributed by atoms with Gasteiger partial charge in [0, 0.05) is 12.0 Å². The summed E-state index contributed by atoms with van der Waals surface area (Å²) in [5, 5.41) is 0. The van der Waals surface area contributed by atoms with Gasteiger partial charge in [-0.05, 0) is 29.0 Å². The molecule has 0 spiro atoms. The number of Topliss-reactive ketones (excluding diaryl/α,β-unsaturated/α-hetero) is 1. The van der Waals surface area contributed by atoms with Crippen LogP contribution in [-0.2, 0) is 5.41 Å². The van der Waals surface area contributed by atoms with Gasteiger partial charge in [0.15, 0.2) is 5.78 Å². The van der Waals surface area contributed by atoms with Crippen molar-refractivity contribution in [3.8, 4) is 0 Å². The zero-order valence-corrected chi connectivity index (χ0v) is 13.9. The maximum Gasteiger partial charge on any atom is 0.167 e. The third kappa shape index (κ3) is 3.94. The zero-order chi connectivity index (χ0) is 16.3. The summed E-state index contributed by atoms with van der Waals surface area (Å²) in [6, 6.07) is 16.1. The first-order valence-corrected chi connectivity index (χ1v) is 7.66. The van der Waals surface area contributed by atoms with Gasteiger partial charge in [-0.25, -0.2) is 0 Å². The Morgan fingerprint density at radius 2 is 1.41 bits per heavy atom. The summed E-state index contributed by atoms with van der Waals surface area (Å²) in [6.45, 7) is 12.7. The second kappa shape index (κ2) is 6.31. The number of carbonyl (C=O) groups is 1. The minimum Gasteiger partial charge on any atom is -0.294 e. The molecule has 0 radical (unpaired) electrons. The van der Waals surface area contributed by atoms with Crippen molar-refractivity contribution >= 4 is 11.4 Å². The fourth-order valence-electron chi connectivity index (χ4n) is 2.34. The molecule has 0 aliphatic rings. The molecule has 0 saturated heterocycles. The molecule has 0 unspecified atom stereocenters. The van der Waals surface area contributed by atoms with E-state index in [9.17, 15) is 4.79 Å². The Balaban J connectivity index is 2.09. The molecule has 2 aromatic rings. The van der Waals surface area contributed by atoms with E-state index in [0.717, 1.165) is 22.3 Å². The average molecular weight is 292 g/mol. The number of ketones is 1. The number of carbonyl (C=O) groups excluding carboxylic acids is 1. The second-order valence-electron chi connectivity index (χ2n) is 6.90. The molecule has 0 heterocycles. The summed E-state index contributed by atoms with van der Waals surface area (Å²) in [6.07, 6.45) is 0.359. The average Bonchev–Trinajstić information content (AvgIpc) is 2.47. The van der Waals surface area contributed by atoms with Gasteiger partial charge in [0.2, 0.25) is 0 Å². The minimum atomic E-state index is 0.116. The number of aryl methyl sites for hydroxylation is 1. The van der Waals surface area contributed by atoms with Crippen molar-refractivity contribution in [2.24, 2.45) is 0 Å². The van der Waals surface area contributed by atoms with Gasteiger partial charge in [-0.1, -0.05) is 81.4 Å². The molecule has 2 aromatic carbocycles. The molecule has 0 atom stereocenters. The lowest BCUT2D eigenvalue weighted by atomic mass is 9.86. The SMILES string of the molecule is C=C(CC(=O)c1ccc(C)cc1)c1ccc(C(C)(C)C)cc1. The zero-order valence-electron chi connectivity index (χ0n) is 13.9. The van der Waals surface area contributed by atoms with Crippen LogP contribution < -0.4 is 0 Å². The largest absolute Gasteiger partial charge is 0.294 e. The van der Waals surface area contributed by atoms with Crippen molar-refractivity contribution in [2.45, 2.75) is 39.5 Å². The molecule has 114 valence electrons. The molecule has 1 heteroatoms. The van der Waals surface area contributed by atoms with Gasteiger partial charge in [-0.15, -0.1) is 0 Å². The number of hydrogen-bond acceptors (Lipinski definition) is 1. The standard InChI is InChI=1S/C21H24O/c1-15-6-8-18(9-7-15)20(22)14-16(2)17-10-12-19(13-11-17)21(3,4)5/h6-13H,2,14H2,1,3-5H3. The summed E-state index contributed by atoms with van der Waals surface area (Å²) < 4.78 is 0. The minimum absolute atomic E-state index is 0.116. The van der Waals surface area contributed by atoms with E-state index in [-0.39, 0.29) is 11.2 Å². The number of allylic oxidation sites excluding steroid dienone is 1. The van der Waals surface area contributed by atoms with Crippen molar-refractivity contribution in [3.05, 3.63) is 77.4 Å². The highest BCUT2D eigenvalue weighted by Gasteiger charge is 2.14. The highest BCUT2D eigenvalue weighted by atomic mass is 16.1. The molecule has 0 aliphatic heterocycles. The summed E-state index contributed by atoms with van der Waals surface area (Å²) in [7, 11) is 0. The van der Waals surface area contributed by atoms with Crippen molar-refractivity contribution in [2.75, 3.05) is 0 Å². The van der Waals surface area contributed by atoms with Gasteiger partial charge in [0.25, 0.3) is 0 Å². The third-order valence-electron chi connectivity index (χ3n) is 3.91. The Kier molecular flexibility index (Phi) is 4.65. The molecule has 0 saturated carbocycles. The molecule has 0 amide bonds. The van der Waals surface area contributed by atoms with Crippen LogP contribution in [0.3, 0.4) is 0 Å². The predicted octanol–water partition coefficient (Wildman–Crippen LogP) is 5.58. The molecule has 2 rings (SSSR count). The molecule has 0 fully saturated rings. The first-order chi connectivity index (χ1) is 10.3. The van der Waals surface area contributed by atoms with Crippen LogP contribution in [0.5, 0.6) is 0 Å². The maximum atomic E-state index is 12.3. The fourth-order valence-corrected chi connectivity index (χ4v) is 2.34. The molecule has 0 aromatic heterocycles. The van der Waals surface area contributed by atoms with Crippen LogP contribution >= 0.6 is 0 Å². The number of hydrogen-bond donors (Lipinski definition) is 0. The highest BCUT2D eigenvalue weighted by molar-refractivity contribution is 6.02. The van der Waals surface area contributed by atoms with Crippen molar-refractivity contribution in [1.82, 2.24) is 0 Å². The van der Waals surface area contributed by atoms with Crippen LogP contribution in [0.2, 0.25) is 0 Å². The normalized spacial score (nSPS) is 11.3. The van der Waals surface area contributed by atoms with Gasteiger partial charge in [-0.2, -0.15) is 0 Å². The highest BCUT2D eigenvalue weighted by Crippen LogP contribution is 2.25. The van der Waals surface area contributed by atoms with Crippen molar-refractivity contribution < 1.29 is 4.79 Å². The third-order valence-corrected chi connectivity index (χ3v) is 3.91. The van der Waals surface area contributed by atoms with Gasteiger partial charge in [0.05, 0.1) is 0 Å². The molecule has 22 heavy (non-hydrogen) atoms. The van der Waals surface area contributed by atoms with E-state index >= 15 is 0 Å². The predicted molar refractivity (Wildman–Crippen MR) is 94.3 cm³/mol. The smallest absolute Gasteiger partial charge is 0.167 e. The molecular weight excluding hydrogens is 268 g/mol. The topological polar surface area (TPSA) is 17.1 Å². The lowest BCUT2D eigenvalue weighted by Crippen LogP contribution is -2.10. The van der Waals surface area contributed by atoms with Crippen LogP contribution in [0.15, 0.2) is 55.1 Å². The Morgan fingerprint density at radius 1 is 0.909 bits per heavy atom. The molecule has 0 N–H and O–H groups in total. The lowest BCUT2D eigenvalue weighted by Gasteiger charge is -2.19. The summed E-state index contributed by atoms with van der Waals surface area (Å²) in [5.74, 6) is 0.116. The fraction of sp³-hybridized carbons (Fsp3) is 0.286. The number of benzene rings is 2. The maximum absolute atomic E-state index is 12.3. The van der Waals surface area contributed by atoms with E-state index in [1.54, 1.807) is 0 Å². The van der Waals surface area contributed by atoms with E-state index in [0.29, 0.717) is 6.42 Å². The van der Waals surface area contributed by atoms with Crippen LogP contribution in [0.25, 0.3) is 5.57 Å². The lowest BCUT2D eigenvalue weighted by molar-refractivity contribution is 0.0998. The van der Waals surface area contributed by atoms with Gasteiger partial charge in [0.1, 0.15) is 0 Å². The molecular formula is C21H24O. The monoisotopic (exact) mass is 292 g/mol. The van der Waals surface area contributed by atoms with Crippen LogP contribution in [0, 0.1) is 6.92 Å². The van der Waals surface area contributed by atoms with E-state index < -0.39 is 0 Å². The van der Waals surface area contributed by atoms with Crippen LogP contribution in [0.1, 0.15) is 54.2 Å². The van der Waals surface area contributed by atoms with E-state index in [2.05, 4.69) is 51.6 Å². The van der Waals surface area contributed by atoms with Gasteiger partial charge in [-0.3, -0.25) is 4.79 Å². The van der Waals surface area contributed by atoms with Gasteiger partial charge < -0.3 is 0 Å². The summed E-state index contributed by atoms with van der Waals surface area (Å²) in [5.41, 5.74) is 5.23. The summed E-state index contributed by atoms with van der Waals surface area (Å²) in [4.78, 5) is 12.3. The van der Waals surface area contributed by atoms with Gasteiger partial charge >= 0.3 is 0 Å². The molecule has 1 nitrogen and oxygen atoms in total. The first-order valence-electron chi connectivity index (χ1n) is 7.66. The number of rotatable bonds is 4. The van der Waals surface area contributed by atoms with E-state index in [4.69, 9.17) is 0 Å². The Hall–Kier alpha value is -2.15. The quantitative estimate of drug-likeness (QED) is 0.672. The van der Waals surface area contributed by atoms with Crippen molar-refractivity contribution in [3.63, 3.8) is 0 Å². The molecule has 0 bridgehead atoms. The van der Waals surface area contributed by atoms with Crippen molar-refractivity contribution in [1.29, 1.82) is 0 Å². The Morgan fingerprint density at radius 3 is 1.91 bits per heavy atom. The second-order valence-corrected chi connectivity index (χ2v) is 6.90. The van der Waals surface area contributed by atoms with Crippen LogP contribution in [0.4, 0.5) is 0 Å². The first kappa shape index (κ1) is 16.2. The Bertz CT molecular complexity index is 667. The van der Waals surface area contributed by atoms with E-state index in [1.807, 2.05) is 31.2 Å². The van der Waals surface area contributed by atoms with Crippen LogP contribution in [-0.4, -0.2) is 5.78 Å². The Labute approximate surface area is 133 Å². The summed E-state index contributed by atoms with van der Waals surface area (Å²) >= 11 is 0. The van der Waals surface area contributed by atoms with E-state index in [1.165, 1.54) is 5.56 Å².